The number of methoxy groups -OCH3 is 1. The molecule has 3 aromatic rings. The van der Waals surface area contributed by atoms with Gasteiger partial charge in [0, 0.05) is 19.3 Å². The summed E-state index contributed by atoms with van der Waals surface area (Å²) in [4.78, 5) is 12.2. The summed E-state index contributed by atoms with van der Waals surface area (Å²) in [5, 5.41) is 12.2. The van der Waals surface area contributed by atoms with E-state index in [4.69, 9.17) is 32.7 Å². The molecule has 10 heteroatoms. The van der Waals surface area contributed by atoms with Crippen molar-refractivity contribution in [2.24, 2.45) is 0 Å². The van der Waals surface area contributed by atoms with Crippen molar-refractivity contribution in [3.8, 4) is 11.5 Å². The Bertz CT molecular complexity index is 969. The first-order valence-electron chi connectivity index (χ1n) is 8.95. The number of nitrogens with zero attached hydrogens (tertiary/aromatic N) is 4. The number of hydrogen-bond acceptors (Lipinski definition) is 5. The monoisotopic (exact) mass is 437 g/mol. The molecule has 0 bridgehead atoms. The Morgan fingerprint density at radius 1 is 1.14 bits per heavy atom. The molecule has 0 saturated heterocycles. The van der Waals surface area contributed by atoms with Gasteiger partial charge in [-0.15, -0.1) is 0 Å². The van der Waals surface area contributed by atoms with Crippen LogP contribution in [0, 0.1) is 6.92 Å². The number of nitrogens with one attached hydrogen (secondary N) is 1. The number of aromatic nitrogens is 4. The van der Waals surface area contributed by atoms with Crippen LogP contribution < -0.4 is 14.8 Å². The van der Waals surface area contributed by atoms with Gasteiger partial charge in [-0.3, -0.25) is 9.48 Å². The van der Waals surface area contributed by atoms with Crippen LogP contribution in [0.2, 0.25) is 10.2 Å². The fourth-order valence-corrected chi connectivity index (χ4v) is 2.96. The maximum Gasteiger partial charge on any atom is 0.271 e. The number of halogens is 2. The molecule has 1 amide bonds. The van der Waals surface area contributed by atoms with E-state index in [1.54, 1.807) is 47.8 Å². The lowest BCUT2D eigenvalue weighted by molar-refractivity contribution is 0.0945. The van der Waals surface area contributed by atoms with E-state index < -0.39 is 0 Å². The smallest absolute Gasteiger partial charge is 0.271 e. The zero-order chi connectivity index (χ0) is 20.8. The van der Waals surface area contributed by atoms with Crippen LogP contribution in [0.25, 0.3) is 0 Å². The van der Waals surface area contributed by atoms with Crippen LogP contribution in [0.15, 0.2) is 36.5 Å². The van der Waals surface area contributed by atoms with Gasteiger partial charge in [0.1, 0.15) is 27.4 Å². The van der Waals surface area contributed by atoms with Gasteiger partial charge in [-0.1, -0.05) is 23.2 Å². The average Bonchev–Trinajstić information content (AvgIpc) is 3.31. The van der Waals surface area contributed by atoms with Gasteiger partial charge in [0.05, 0.1) is 12.8 Å². The molecule has 1 aromatic carbocycles. The van der Waals surface area contributed by atoms with Gasteiger partial charge >= 0.3 is 0 Å². The molecule has 0 fully saturated rings. The highest BCUT2D eigenvalue weighted by molar-refractivity contribution is 6.41. The maximum atomic E-state index is 12.2. The minimum Gasteiger partial charge on any atom is -0.497 e. The highest BCUT2D eigenvalue weighted by atomic mass is 35.5. The van der Waals surface area contributed by atoms with E-state index in [2.05, 4.69) is 15.5 Å². The van der Waals surface area contributed by atoms with Crippen molar-refractivity contribution in [2.45, 2.75) is 26.6 Å². The Hall–Kier alpha value is -2.71. The number of carbonyl (C=O) groups excluding carboxylic acids is 1. The molecule has 8 nitrogen and oxygen atoms in total. The summed E-state index contributed by atoms with van der Waals surface area (Å²) in [5.74, 6) is 1.18. The molecule has 0 radical (unpaired) electrons. The Kier molecular flexibility index (Phi) is 7.00. The molecular weight excluding hydrogens is 417 g/mol. The molecule has 0 saturated carbocycles. The number of amides is 1. The first kappa shape index (κ1) is 21.0. The molecule has 0 atom stereocenters. The Morgan fingerprint density at radius 2 is 1.86 bits per heavy atom. The minimum atomic E-state index is -0.256. The normalized spacial score (nSPS) is 10.8. The van der Waals surface area contributed by atoms with Gasteiger partial charge in [-0.25, -0.2) is 4.68 Å². The molecular formula is C19H21Cl2N5O3. The third-order valence-electron chi connectivity index (χ3n) is 4.12. The molecule has 2 heterocycles. The van der Waals surface area contributed by atoms with Gasteiger partial charge in [0.15, 0.2) is 6.73 Å². The van der Waals surface area contributed by atoms with Crippen molar-refractivity contribution in [3.63, 3.8) is 0 Å². The van der Waals surface area contributed by atoms with E-state index in [0.29, 0.717) is 46.8 Å². The lowest BCUT2D eigenvalue weighted by Crippen LogP contribution is -2.26. The summed E-state index contributed by atoms with van der Waals surface area (Å²) in [6.45, 7) is 3.00. The summed E-state index contributed by atoms with van der Waals surface area (Å²) in [5.41, 5.74) is 1.00. The number of rotatable bonds is 9. The van der Waals surface area contributed by atoms with Gasteiger partial charge in [0.2, 0.25) is 0 Å². The van der Waals surface area contributed by atoms with Crippen molar-refractivity contribution >= 4 is 29.1 Å². The highest BCUT2D eigenvalue weighted by Gasteiger charge is 2.12. The quantitative estimate of drug-likeness (QED) is 0.517. The van der Waals surface area contributed by atoms with Crippen molar-refractivity contribution in [1.29, 1.82) is 0 Å². The van der Waals surface area contributed by atoms with Crippen molar-refractivity contribution in [1.82, 2.24) is 24.9 Å². The molecule has 154 valence electrons. The predicted octanol–water partition coefficient (Wildman–Crippen LogP) is 3.56. The first-order valence-corrected chi connectivity index (χ1v) is 9.70. The second-order valence-corrected chi connectivity index (χ2v) is 6.95. The second kappa shape index (κ2) is 9.67. The summed E-state index contributed by atoms with van der Waals surface area (Å²) in [6.07, 6.45) is 2.34. The van der Waals surface area contributed by atoms with Gasteiger partial charge in [-0.2, -0.15) is 10.2 Å². The predicted molar refractivity (Wildman–Crippen MR) is 110 cm³/mol. The van der Waals surface area contributed by atoms with E-state index >= 15 is 0 Å². The molecule has 1 N–H and O–H groups in total. The Morgan fingerprint density at radius 3 is 2.52 bits per heavy atom. The van der Waals surface area contributed by atoms with Crippen molar-refractivity contribution < 1.29 is 14.3 Å². The molecule has 0 unspecified atom stereocenters. The maximum absolute atomic E-state index is 12.2. The Labute approximate surface area is 178 Å². The van der Waals surface area contributed by atoms with Gasteiger partial charge < -0.3 is 14.8 Å². The number of benzene rings is 1. The number of aryl methyl sites for hydroxylation is 2. The van der Waals surface area contributed by atoms with Crippen LogP contribution in [0.4, 0.5) is 0 Å². The highest BCUT2D eigenvalue weighted by Crippen LogP contribution is 2.24. The molecule has 0 aliphatic carbocycles. The molecule has 0 spiro atoms. The number of carbonyl (C=O) groups is 1. The van der Waals surface area contributed by atoms with E-state index in [1.807, 2.05) is 12.1 Å². The third-order valence-corrected chi connectivity index (χ3v) is 5.06. The topological polar surface area (TPSA) is 83.2 Å². The minimum absolute atomic E-state index is 0.192. The van der Waals surface area contributed by atoms with Crippen LogP contribution in [-0.4, -0.2) is 39.1 Å². The van der Waals surface area contributed by atoms with Crippen LogP contribution in [0.5, 0.6) is 11.5 Å². The van der Waals surface area contributed by atoms with Crippen LogP contribution >= 0.6 is 23.2 Å². The van der Waals surface area contributed by atoms with Crippen LogP contribution in [0.1, 0.15) is 22.6 Å². The standard InChI is InChI=1S/C19H21Cl2N5O3/c1-13-17(20)18(21)26(23-13)10-3-9-22-19(27)16-8-11-25(24-16)12-29-15-6-4-14(28-2)5-7-15/h4-8,11H,3,9-10,12H2,1-2H3,(H,22,27). The fourth-order valence-electron chi connectivity index (χ4n) is 2.57. The third kappa shape index (κ3) is 5.42. The second-order valence-electron chi connectivity index (χ2n) is 6.21. The average molecular weight is 438 g/mol. The molecule has 2 aromatic heterocycles. The Balaban J connectivity index is 1.43. The zero-order valence-corrected chi connectivity index (χ0v) is 17.6. The lowest BCUT2D eigenvalue weighted by atomic mass is 10.3. The van der Waals surface area contributed by atoms with Crippen LogP contribution in [-0.2, 0) is 13.3 Å². The van der Waals surface area contributed by atoms with Crippen molar-refractivity contribution in [3.05, 3.63) is 58.1 Å². The van der Waals surface area contributed by atoms with Gasteiger partial charge in [0.25, 0.3) is 5.91 Å². The summed E-state index contributed by atoms with van der Waals surface area (Å²) >= 11 is 12.1. The van der Waals surface area contributed by atoms with E-state index in [1.165, 1.54) is 0 Å². The van der Waals surface area contributed by atoms with E-state index in [0.717, 1.165) is 5.75 Å². The summed E-state index contributed by atoms with van der Waals surface area (Å²) in [6, 6.07) is 8.86. The lowest BCUT2D eigenvalue weighted by Gasteiger charge is -2.07. The summed E-state index contributed by atoms with van der Waals surface area (Å²) in [7, 11) is 1.61. The first-order chi connectivity index (χ1) is 14.0. The molecule has 0 aliphatic rings. The zero-order valence-electron chi connectivity index (χ0n) is 16.1. The SMILES string of the molecule is COc1ccc(OCn2ccc(C(=O)NCCCn3nc(C)c(Cl)c3Cl)n2)cc1. The van der Waals surface area contributed by atoms with E-state index in [9.17, 15) is 4.79 Å². The van der Waals surface area contributed by atoms with E-state index in [-0.39, 0.29) is 12.6 Å². The van der Waals surface area contributed by atoms with Crippen molar-refractivity contribution in [2.75, 3.05) is 13.7 Å². The molecule has 0 aliphatic heterocycles. The van der Waals surface area contributed by atoms with Gasteiger partial charge in [-0.05, 0) is 43.7 Å². The largest absolute Gasteiger partial charge is 0.497 e. The van der Waals surface area contributed by atoms with Crippen LogP contribution in [0.3, 0.4) is 0 Å². The molecule has 29 heavy (non-hydrogen) atoms. The summed E-state index contributed by atoms with van der Waals surface area (Å²) < 4.78 is 13.9. The molecule has 3 rings (SSSR count). The number of hydrogen-bond donors (Lipinski definition) is 1. The number of ether oxygens (including phenoxy) is 2. The fraction of sp³-hybridized carbons (Fsp3) is 0.316.